The number of pyridine rings is 1. The number of nitrogens with zero attached hydrogens (tertiary/aromatic N) is 5. The largest absolute Gasteiger partial charge is 0.377 e. The van der Waals surface area contributed by atoms with Crippen LogP contribution in [0, 0.1) is 0 Å². The van der Waals surface area contributed by atoms with E-state index in [1.165, 1.54) is 0 Å². The standard InChI is InChI=1S/C21H25N7O2/c1-3-22-21(29)28-9-6-16-17(14-4-7-23-18-15(14)5-8-24-18)25-20(26-19(16)28)27-10-11-30-12-13(27)2/h4-5,7-8,13H,3,6,9-12H2,1-2H3,(H,22,29)(H,23,24)/t13-/m1/s1. The smallest absolute Gasteiger partial charge is 0.323 e. The quantitative estimate of drug-likeness (QED) is 0.691. The van der Waals surface area contributed by atoms with Gasteiger partial charge in [-0.3, -0.25) is 4.90 Å². The first-order valence-corrected chi connectivity index (χ1v) is 10.4. The van der Waals surface area contributed by atoms with E-state index in [0.29, 0.717) is 38.1 Å². The number of aromatic amines is 1. The van der Waals surface area contributed by atoms with Gasteiger partial charge in [0.2, 0.25) is 5.95 Å². The lowest BCUT2D eigenvalue weighted by Crippen LogP contribution is -2.45. The topological polar surface area (TPSA) is 99.3 Å². The van der Waals surface area contributed by atoms with E-state index in [2.05, 4.69) is 27.1 Å². The second-order valence-electron chi connectivity index (χ2n) is 7.63. The zero-order valence-corrected chi connectivity index (χ0v) is 17.2. The van der Waals surface area contributed by atoms with Crippen molar-refractivity contribution in [3.8, 4) is 11.3 Å². The number of aromatic nitrogens is 4. The lowest BCUT2D eigenvalue weighted by molar-refractivity contribution is 0.0981. The summed E-state index contributed by atoms with van der Waals surface area (Å²) in [5.74, 6) is 1.33. The van der Waals surface area contributed by atoms with Crippen LogP contribution in [0.4, 0.5) is 16.6 Å². The molecule has 0 saturated carbocycles. The number of morpholine rings is 1. The summed E-state index contributed by atoms with van der Waals surface area (Å²) in [4.78, 5) is 34.0. The highest BCUT2D eigenvalue weighted by Gasteiger charge is 2.32. The van der Waals surface area contributed by atoms with Crippen LogP contribution in [0.25, 0.3) is 22.3 Å². The number of nitrogens with one attached hydrogen (secondary N) is 2. The van der Waals surface area contributed by atoms with Gasteiger partial charge in [-0.1, -0.05) is 0 Å². The van der Waals surface area contributed by atoms with Gasteiger partial charge in [-0.05, 0) is 32.4 Å². The summed E-state index contributed by atoms with van der Waals surface area (Å²) in [5, 5.41) is 3.91. The van der Waals surface area contributed by atoms with Crippen LogP contribution in [-0.4, -0.2) is 64.9 Å². The highest BCUT2D eigenvalue weighted by Crippen LogP contribution is 2.38. The van der Waals surface area contributed by atoms with E-state index in [4.69, 9.17) is 14.7 Å². The predicted molar refractivity (Wildman–Crippen MR) is 115 cm³/mol. The van der Waals surface area contributed by atoms with Gasteiger partial charge in [-0.15, -0.1) is 0 Å². The van der Waals surface area contributed by atoms with Gasteiger partial charge in [0.1, 0.15) is 11.5 Å². The zero-order chi connectivity index (χ0) is 20.7. The Labute approximate surface area is 174 Å². The molecule has 0 aliphatic carbocycles. The number of rotatable bonds is 3. The molecule has 5 rings (SSSR count). The minimum absolute atomic E-state index is 0.122. The predicted octanol–water partition coefficient (Wildman–Crippen LogP) is 2.34. The van der Waals surface area contributed by atoms with Crippen LogP contribution >= 0.6 is 0 Å². The summed E-state index contributed by atoms with van der Waals surface area (Å²) >= 11 is 0. The fourth-order valence-electron chi connectivity index (χ4n) is 4.23. The number of urea groups is 1. The van der Waals surface area contributed by atoms with Crippen LogP contribution in [0.3, 0.4) is 0 Å². The van der Waals surface area contributed by atoms with Gasteiger partial charge in [0.05, 0.1) is 24.9 Å². The molecule has 3 aromatic heterocycles. The molecule has 0 spiro atoms. The van der Waals surface area contributed by atoms with Crippen molar-refractivity contribution in [1.29, 1.82) is 0 Å². The monoisotopic (exact) mass is 407 g/mol. The number of hydrogen-bond donors (Lipinski definition) is 2. The Morgan fingerprint density at radius 3 is 3.07 bits per heavy atom. The maximum atomic E-state index is 12.7. The SMILES string of the molecule is CCNC(=O)N1CCc2c(-c3ccnc4[nH]ccc34)nc(N3CCOC[C@H]3C)nc21. The number of hydrogen-bond acceptors (Lipinski definition) is 6. The first-order valence-electron chi connectivity index (χ1n) is 10.4. The third kappa shape index (κ3) is 3.06. The molecular weight excluding hydrogens is 382 g/mol. The normalized spacial score (nSPS) is 18.7. The first-order chi connectivity index (χ1) is 14.7. The highest BCUT2D eigenvalue weighted by atomic mass is 16.5. The van der Waals surface area contributed by atoms with Gasteiger partial charge in [0.25, 0.3) is 0 Å². The molecular formula is C21H25N7O2. The van der Waals surface area contributed by atoms with Gasteiger partial charge in [0, 0.05) is 48.5 Å². The van der Waals surface area contributed by atoms with E-state index in [1.54, 1.807) is 11.1 Å². The molecule has 0 bridgehead atoms. The molecule has 0 unspecified atom stereocenters. The van der Waals surface area contributed by atoms with Gasteiger partial charge in [0.15, 0.2) is 0 Å². The third-order valence-corrected chi connectivity index (χ3v) is 5.73. The Hall–Kier alpha value is -3.20. The molecule has 0 radical (unpaired) electrons. The molecule has 1 atom stereocenters. The molecule has 1 saturated heterocycles. The van der Waals surface area contributed by atoms with Crippen molar-refractivity contribution in [1.82, 2.24) is 25.3 Å². The van der Waals surface area contributed by atoms with Crippen molar-refractivity contribution in [3.05, 3.63) is 30.1 Å². The van der Waals surface area contributed by atoms with Crippen molar-refractivity contribution in [3.63, 3.8) is 0 Å². The Kier molecular flexibility index (Phi) is 4.74. The maximum absolute atomic E-state index is 12.7. The zero-order valence-electron chi connectivity index (χ0n) is 17.2. The minimum atomic E-state index is -0.122. The van der Waals surface area contributed by atoms with E-state index >= 15 is 0 Å². The molecule has 1 fully saturated rings. The minimum Gasteiger partial charge on any atom is -0.377 e. The Balaban J connectivity index is 1.69. The number of carbonyl (C=O) groups is 1. The van der Waals surface area contributed by atoms with Gasteiger partial charge >= 0.3 is 6.03 Å². The van der Waals surface area contributed by atoms with E-state index in [1.807, 2.05) is 25.3 Å². The van der Waals surface area contributed by atoms with E-state index in [-0.39, 0.29) is 12.1 Å². The molecule has 2 aliphatic heterocycles. The fourth-order valence-corrected chi connectivity index (χ4v) is 4.23. The number of H-pyrrole nitrogens is 1. The van der Waals surface area contributed by atoms with Crippen LogP contribution in [0.2, 0.25) is 0 Å². The molecule has 2 aliphatic rings. The van der Waals surface area contributed by atoms with E-state index in [9.17, 15) is 4.79 Å². The first kappa shape index (κ1) is 18.8. The molecule has 156 valence electrons. The molecule has 2 amide bonds. The summed E-state index contributed by atoms with van der Waals surface area (Å²) in [5.41, 5.74) is 3.69. The van der Waals surface area contributed by atoms with Crippen molar-refractivity contribution < 1.29 is 9.53 Å². The van der Waals surface area contributed by atoms with E-state index < -0.39 is 0 Å². The van der Waals surface area contributed by atoms with Gasteiger partial charge < -0.3 is 19.9 Å². The van der Waals surface area contributed by atoms with Crippen molar-refractivity contribution in [2.45, 2.75) is 26.3 Å². The number of ether oxygens (including phenoxy) is 1. The molecule has 9 heteroatoms. The molecule has 9 nitrogen and oxygen atoms in total. The second kappa shape index (κ2) is 7.56. The van der Waals surface area contributed by atoms with Crippen LogP contribution in [0.5, 0.6) is 0 Å². The summed E-state index contributed by atoms with van der Waals surface area (Å²) in [7, 11) is 0. The maximum Gasteiger partial charge on any atom is 0.323 e. The summed E-state index contributed by atoms with van der Waals surface area (Å²) in [6.45, 7) is 7.17. The van der Waals surface area contributed by atoms with Crippen LogP contribution in [-0.2, 0) is 11.2 Å². The molecule has 30 heavy (non-hydrogen) atoms. The third-order valence-electron chi connectivity index (χ3n) is 5.73. The average Bonchev–Trinajstić information content (AvgIpc) is 3.40. The number of amides is 2. The van der Waals surface area contributed by atoms with Crippen LogP contribution < -0.4 is 15.1 Å². The fraction of sp³-hybridized carbons (Fsp3) is 0.429. The Morgan fingerprint density at radius 1 is 1.33 bits per heavy atom. The molecule has 5 heterocycles. The van der Waals surface area contributed by atoms with Gasteiger partial charge in [-0.2, -0.15) is 4.98 Å². The average molecular weight is 407 g/mol. The molecule has 2 N–H and O–H groups in total. The van der Waals surface area contributed by atoms with Gasteiger partial charge in [-0.25, -0.2) is 14.8 Å². The summed E-state index contributed by atoms with van der Waals surface area (Å²) in [6.07, 6.45) is 4.39. The molecule has 3 aromatic rings. The van der Waals surface area contributed by atoms with E-state index in [0.717, 1.165) is 40.8 Å². The lowest BCUT2D eigenvalue weighted by atomic mass is 10.0. The van der Waals surface area contributed by atoms with Crippen molar-refractivity contribution in [2.24, 2.45) is 0 Å². The Morgan fingerprint density at radius 2 is 2.23 bits per heavy atom. The Bertz CT molecular complexity index is 1100. The van der Waals surface area contributed by atoms with Crippen LogP contribution in [0.1, 0.15) is 19.4 Å². The molecule has 0 aromatic carbocycles. The number of fused-ring (bicyclic) bond motifs is 2. The summed E-state index contributed by atoms with van der Waals surface area (Å²) in [6, 6.07) is 4.04. The number of anilines is 2. The van der Waals surface area contributed by atoms with Crippen molar-refractivity contribution in [2.75, 3.05) is 42.6 Å². The van der Waals surface area contributed by atoms with Crippen LogP contribution in [0.15, 0.2) is 24.5 Å². The lowest BCUT2D eigenvalue weighted by Gasteiger charge is -2.34. The second-order valence-corrected chi connectivity index (χ2v) is 7.63. The highest BCUT2D eigenvalue weighted by molar-refractivity contribution is 5.98. The van der Waals surface area contributed by atoms with Crippen molar-refractivity contribution >= 4 is 28.8 Å². The number of carbonyl (C=O) groups excluding carboxylic acids is 1. The summed E-state index contributed by atoms with van der Waals surface area (Å²) < 4.78 is 5.60.